The Morgan fingerprint density at radius 3 is 2.47 bits per heavy atom. The molecule has 0 saturated carbocycles. The Kier molecular flexibility index (Phi) is 8.96. The van der Waals surface area contributed by atoms with Gasteiger partial charge in [0.25, 0.3) is 5.91 Å². The number of nitrogens with zero attached hydrogens (tertiary/aromatic N) is 5. The highest BCUT2D eigenvalue weighted by molar-refractivity contribution is 6.44. The maximum absolute atomic E-state index is 14.9. The number of aromatic nitrogens is 6. The highest BCUT2D eigenvalue weighted by Crippen LogP contribution is 2.31. The fraction of sp³-hybridized carbons (Fsp3) is 0.455. The van der Waals surface area contributed by atoms with E-state index >= 15 is 0 Å². The van der Waals surface area contributed by atoms with Crippen molar-refractivity contribution in [3.05, 3.63) is 41.1 Å². The van der Waals surface area contributed by atoms with Crippen molar-refractivity contribution >= 4 is 40.8 Å². The lowest BCUT2D eigenvalue weighted by molar-refractivity contribution is -0.118. The average molecular weight is 543 g/mol. The molecule has 0 aromatic carbocycles. The number of aromatic amines is 1. The fourth-order valence-corrected chi connectivity index (χ4v) is 3.98. The van der Waals surface area contributed by atoms with E-state index in [1.165, 1.54) is 10.9 Å². The number of carbonyl (C=O) groups excluding carboxylic acids is 2. The van der Waals surface area contributed by atoms with Crippen LogP contribution in [0, 0.1) is 25.6 Å². The number of halogens is 4. The number of carbonyl (C=O) groups is 2. The quantitative estimate of drug-likeness (QED) is 0.259. The van der Waals surface area contributed by atoms with Gasteiger partial charge in [0, 0.05) is 23.4 Å². The van der Waals surface area contributed by atoms with Crippen LogP contribution in [0.4, 0.5) is 14.6 Å². The zero-order chi connectivity index (χ0) is 26.6. The molecule has 2 amide bonds. The molecule has 0 saturated heterocycles. The number of rotatable bonds is 10. The lowest BCUT2D eigenvalue weighted by atomic mass is 10.0. The van der Waals surface area contributed by atoms with Gasteiger partial charge in [-0.1, -0.05) is 5.21 Å². The van der Waals surface area contributed by atoms with Crippen molar-refractivity contribution in [2.24, 2.45) is 0 Å². The van der Waals surface area contributed by atoms with E-state index in [-0.39, 0.29) is 35.1 Å². The molecule has 3 heterocycles. The van der Waals surface area contributed by atoms with Gasteiger partial charge in [-0.15, -0.1) is 28.3 Å². The van der Waals surface area contributed by atoms with Crippen LogP contribution in [-0.4, -0.2) is 52.9 Å². The third kappa shape index (κ3) is 6.35. The highest BCUT2D eigenvalue weighted by atomic mass is 35.5. The predicted molar refractivity (Wildman–Crippen MR) is 131 cm³/mol. The van der Waals surface area contributed by atoms with Crippen LogP contribution in [0.3, 0.4) is 0 Å². The van der Waals surface area contributed by atoms with Crippen LogP contribution in [0.1, 0.15) is 61.0 Å². The van der Waals surface area contributed by atoms with Gasteiger partial charge in [-0.3, -0.25) is 14.7 Å². The van der Waals surface area contributed by atoms with Crippen molar-refractivity contribution in [3.63, 3.8) is 0 Å². The molecule has 0 aliphatic rings. The monoisotopic (exact) mass is 542 g/mol. The Balaban J connectivity index is 1.82. The average Bonchev–Trinajstić information content (AvgIpc) is 3.40. The Morgan fingerprint density at radius 2 is 1.89 bits per heavy atom. The van der Waals surface area contributed by atoms with Gasteiger partial charge in [0.2, 0.25) is 11.9 Å². The van der Waals surface area contributed by atoms with E-state index < -0.39 is 34.5 Å². The number of nitrogens with one attached hydrogen (secondary N) is 3. The van der Waals surface area contributed by atoms with Gasteiger partial charge < -0.3 is 10.6 Å². The zero-order valence-corrected chi connectivity index (χ0v) is 21.6. The van der Waals surface area contributed by atoms with Gasteiger partial charge in [-0.05, 0) is 47.0 Å². The van der Waals surface area contributed by atoms with Crippen molar-refractivity contribution in [3.8, 4) is 11.1 Å². The lowest BCUT2D eigenvalue weighted by Gasteiger charge is -2.19. The summed E-state index contributed by atoms with van der Waals surface area (Å²) in [6.45, 7) is 6.88. The predicted octanol–water partition coefficient (Wildman–Crippen LogP) is 4.25. The second-order valence-electron chi connectivity index (χ2n) is 8.46. The van der Waals surface area contributed by atoms with Crippen LogP contribution in [0.2, 0.25) is 0 Å². The summed E-state index contributed by atoms with van der Waals surface area (Å²) in [6.07, 6.45) is 2.20. The number of hydrogen-bond donors (Lipinski definition) is 3. The van der Waals surface area contributed by atoms with Gasteiger partial charge in [0.15, 0.2) is 0 Å². The topological polar surface area (TPSA) is 130 Å². The summed E-state index contributed by atoms with van der Waals surface area (Å²) in [6, 6.07) is -0.317. The molecule has 3 aromatic heterocycles. The lowest BCUT2D eigenvalue weighted by Crippen LogP contribution is -2.44. The van der Waals surface area contributed by atoms with Crippen LogP contribution in [0.25, 0.3) is 11.1 Å². The summed E-state index contributed by atoms with van der Waals surface area (Å²) in [4.78, 5) is 28.9. The Bertz CT molecular complexity index is 1200. The van der Waals surface area contributed by atoms with Crippen LogP contribution in [-0.2, 0) is 4.79 Å². The van der Waals surface area contributed by atoms with Crippen molar-refractivity contribution in [2.45, 2.75) is 63.9 Å². The fourth-order valence-electron chi connectivity index (χ4n) is 3.67. The van der Waals surface area contributed by atoms with Gasteiger partial charge in [-0.25, -0.2) is 14.1 Å². The number of aryl methyl sites for hydroxylation is 2. The molecule has 10 nitrogen and oxygen atoms in total. The first-order valence-corrected chi connectivity index (χ1v) is 12.0. The molecule has 0 radical (unpaired) electrons. The zero-order valence-electron chi connectivity index (χ0n) is 20.1. The molecule has 0 aliphatic heterocycles. The SMILES string of the molecule is Cc1n[nH]c(C)c1-c1c(F)cc(NC(=O)[C@H](CCCC(Cl)Cl)NC(=O)c2cnnn2C(C)C)nc1F. The molecule has 3 N–H and O–H groups in total. The third-order valence-electron chi connectivity index (χ3n) is 5.39. The van der Waals surface area contributed by atoms with Crippen LogP contribution in [0.5, 0.6) is 0 Å². The maximum atomic E-state index is 14.9. The molecule has 0 unspecified atom stereocenters. The molecule has 194 valence electrons. The molecular weight excluding hydrogens is 517 g/mol. The highest BCUT2D eigenvalue weighted by Gasteiger charge is 2.26. The summed E-state index contributed by atoms with van der Waals surface area (Å²) >= 11 is 11.6. The number of hydrogen-bond acceptors (Lipinski definition) is 6. The molecule has 0 fully saturated rings. The molecule has 1 atom stereocenters. The standard InChI is InChI=1S/C22H26Cl2F2N8O2/c1-10(2)34-15(9-27-33-34)22(36)28-14(6-5-7-16(23)24)21(35)30-17-8-13(25)19(20(26)29-17)18-11(3)31-32-12(18)4/h8-10,14,16H,5-7H2,1-4H3,(H,28,36)(H,31,32)(H,29,30,35)/t14-/m0/s1. The minimum atomic E-state index is -1.11. The molecule has 0 aliphatic carbocycles. The summed E-state index contributed by atoms with van der Waals surface area (Å²) < 4.78 is 31.1. The van der Waals surface area contributed by atoms with Gasteiger partial charge >= 0.3 is 0 Å². The summed E-state index contributed by atoms with van der Waals surface area (Å²) in [5, 5.41) is 19.2. The van der Waals surface area contributed by atoms with Crippen LogP contribution < -0.4 is 10.6 Å². The van der Waals surface area contributed by atoms with Crippen LogP contribution in [0.15, 0.2) is 12.3 Å². The van der Waals surface area contributed by atoms with Crippen LogP contribution >= 0.6 is 23.2 Å². The molecule has 36 heavy (non-hydrogen) atoms. The van der Waals surface area contributed by atoms with Crippen molar-refractivity contribution in [2.75, 3.05) is 5.32 Å². The Labute approximate surface area is 216 Å². The number of alkyl halides is 2. The number of H-pyrrole nitrogens is 1. The first kappa shape index (κ1) is 27.5. The normalized spacial score (nSPS) is 12.3. The summed E-state index contributed by atoms with van der Waals surface area (Å²) in [7, 11) is 0. The second kappa shape index (κ2) is 11.7. The van der Waals surface area contributed by atoms with E-state index in [1.54, 1.807) is 13.8 Å². The molecule has 0 spiro atoms. The Hall–Kier alpha value is -3.12. The van der Waals surface area contributed by atoms with E-state index in [9.17, 15) is 18.4 Å². The van der Waals surface area contributed by atoms with Crippen molar-refractivity contribution in [1.29, 1.82) is 0 Å². The van der Waals surface area contributed by atoms with Gasteiger partial charge in [-0.2, -0.15) is 9.49 Å². The molecule has 3 aromatic rings. The molecule has 0 bridgehead atoms. The molecular formula is C22H26Cl2F2N8O2. The smallest absolute Gasteiger partial charge is 0.271 e. The van der Waals surface area contributed by atoms with Crippen molar-refractivity contribution in [1.82, 2.24) is 35.5 Å². The Morgan fingerprint density at radius 1 is 1.17 bits per heavy atom. The number of amides is 2. The maximum Gasteiger partial charge on any atom is 0.271 e. The van der Waals surface area contributed by atoms with Gasteiger partial charge in [0.05, 0.1) is 17.5 Å². The third-order valence-corrected chi connectivity index (χ3v) is 5.83. The van der Waals surface area contributed by atoms with E-state index in [0.717, 1.165) is 6.07 Å². The summed E-state index contributed by atoms with van der Waals surface area (Å²) in [5.41, 5.74) is 0.928. The first-order chi connectivity index (χ1) is 17.0. The van der Waals surface area contributed by atoms with Crippen molar-refractivity contribution < 1.29 is 18.4 Å². The molecule has 14 heteroatoms. The largest absolute Gasteiger partial charge is 0.339 e. The number of anilines is 1. The van der Waals surface area contributed by atoms with E-state index in [1.807, 2.05) is 13.8 Å². The minimum Gasteiger partial charge on any atom is -0.339 e. The van der Waals surface area contributed by atoms with E-state index in [2.05, 4.69) is 36.1 Å². The summed E-state index contributed by atoms with van der Waals surface area (Å²) in [5.74, 6) is -3.70. The van der Waals surface area contributed by atoms with Gasteiger partial charge in [0.1, 0.15) is 28.2 Å². The van der Waals surface area contributed by atoms with E-state index in [4.69, 9.17) is 23.2 Å². The first-order valence-electron chi connectivity index (χ1n) is 11.2. The minimum absolute atomic E-state index is 0.148. The number of pyridine rings is 1. The second-order valence-corrected chi connectivity index (χ2v) is 9.74. The van der Waals surface area contributed by atoms with E-state index in [0.29, 0.717) is 24.2 Å². The molecule has 3 rings (SSSR count).